The van der Waals surface area contributed by atoms with Crippen molar-refractivity contribution in [1.82, 2.24) is 10.6 Å². The molecule has 1 aliphatic heterocycles. The van der Waals surface area contributed by atoms with Gasteiger partial charge in [-0.15, -0.1) is 12.4 Å². The number of carbonyl (C=O) groups excluding carboxylic acids is 1. The lowest BCUT2D eigenvalue weighted by atomic mass is 10.1. The van der Waals surface area contributed by atoms with Gasteiger partial charge in [0.1, 0.15) is 0 Å². The van der Waals surface area contributed by atoms with Crippen LogP contribution in [0.5, 0.6) is 11.5 Å². The molecule has 1 saturated carbocycles. The smallest absolute Gasteiger partial charge is 0.221 e. The number of carbonyl (C=O) groups is 1. The van der Waals surface area contributed by atoms with Crippen molar-refractivity contribution in [3.05, 3.63) is 23.8 Å². The molecule has 146 valence electrons. The second-order valence-corrected chi connectivity index (χ2v) is 6.72. The van der Waals surface area contributed by atoms with E-state index in [4.69, 9.17) is 14.2 Å². The Balaban J connectivity index is 0.00000243. The topological polar surface area (TPSA) is 68.8 Å². The minimum absolute atomic E-state index is 0. The van der Waals surface area contributed by atoms with Crippen LogP contribution >= 0.6 is 12.4 Å². The lowest BCUT2D eigenvalue weighted by Crippen LogP contribution is -2.44. The van der Waals surface area contributed by atoms with Gasteiger partial charge in [0.15, 0.2) is 11.5 Å². The minimum Gasteiger partial charge on any atom is -0.493 e. The zero-order valence-electron chi connectivity index (χ0n) is 15.3. The molecular formula is C19H29ClN2O4. The molecular weight excluding hydrogens is 356 g/mol. The number of hydrogen-bond donors (Lipinski definition) is 2. The molecule has 2 N–H and O–H groups in total. The quantitative estimate of drug-likeness (QED) is 0.755. The highest BCUT2D eigenvalue weighted by atomic mass is 35.5. The maximum atomic E-state index is 12.1. The molecule has 1 amide bonds. The number of morpholine rings is 1. The summed E-state index contributed by atoms with van der Waals surface area (Å²) in [5.41, 5.74) is 0.997. The van der Waals surface area contributed by atoms with Gasteiger partial charge in [0, 0.05) is 25.6 Å². The molecule has 1 unspecified atom stereocenters. The summed E-state index contributed by atoms with van der Waals surface area (Å²) in [5, 5.41) is 6.25. The summed E-state index contributed by atoms with van der Waals surface area (Å²) < 4.78 is 16.9. The van der Waals surface area contributed by atoms with Crippen molar-refractivity contribution in [2.24, 2.45) is 0 Å². The van der Waals surface area contributed by atoms with Crippen LogP contribution in [-0.4, -0.2) is 44.9 Å². The highest BCUT2D eigenvalue weighted by molar-refractivity contribution is 5.85. The minimum atomic E-state index is 0. The fourth-order valence-corrected chi connectivity index (χ4v) is 3.35. The third-order valence-corrected chi connectivity index (χ3v) is 4.74. The van der Waals surface area contributed by atoms with E-state index >= 15 is 0 Å². The third kappa shape index (κ3) is 6.04. The van der Waals surface area contributed by atoms with Crippen LogP contribution < -0.4 is 20.1 Å². The Kier molecular flexibility index (Phi) is 8.48. The molecule has 0 aromatic heterocycles. The van der Waals surface area contributed by atoms with E-state index in [0.717, 1.165) is 36.4 Å². The van der Waals surface area contributed by atoms with Gasteiger partial charge in [0.2, 0.25) is 5.91 Å². The molecule has 26 heavy (non-hydrogen) atoms. The Hall–Kier alpha value is -1.50. The third-order valence-electron chi connectivity index (χ3n) is 4.74. The van der Waals surface area contributed by atoms with Gasteiger partial charge in [-0.05, 0) is 43.4 Å². The first-order valence-corrected chi connectivity index (χ1v) is 9.16. The van der Waals surface area contributed by atoms with Crippen LogP contribution in [-0.2, 0) is 16.1 Å². The molecule has 1 aliphatic carbocycles. The summed E-state index contributed by atoms with van der Waals surface area (Å²) >= 11 is 0. The summed E-state index contributed by atoms with van der Waals surface area (Å²) in [5.74, 6) is 1.53. The second-order valence-electron chi connectivity index (χ2n) is 6.72. The molecule has 1 atom stereocenters. The van der Waals surface area contributed by atoms with Crippen LogP contribution in [0.3, 0.4) is 0 Å². The maximum absolute atomic E-state index is 12.1. The van der Waals surface area contributed by atoms with Crippen LogP contribution in [0.15, 0.2) is 18.2 Å². The Morgan fingerprint density at radius 1 is 1.31 bits per heavy atom. The lowest BCUT2D eigenvalue weighted by molar-refractivity contribution is -0.122. The number of rotatable bonds is 7. The Morgan fingerprint density at radius 2 is 2.12 bits per heavy atom. The summed E-state index contributed by atoms with van der Waals surface area (Å²) in [6, 6.07) is 5.96. The molecule has 7 heteroatoms. The number of amides is 1. The summed E-state index contributed by atoms with van der Waals surface area (Å²) in [6.07, 6.45) is 5.42. The van der Waals surface area contributed by atoms with Crippen molar-refractivity contribution >= 4 is 18.3 Å². The van der Waals surface area contributed by atoms with E-state index in [1.807, 2.05) is 18.2 Å². The zero-order chi connectivity index (χ0) is 17.5. The average molecular weight is 385 g/mol. The first-order chi connectivity index (χ1) is 12.2. The van der Waals surface area contributed by atoms with Crippen molar-refractivity contribution < 1.29 is 19.0 Å². The monoisotopic (exact) mass is 384 g/mol. The number of ether oxygens (including phenoxy) is 3. The normalized spacial score (nSPS) is 20.3. The second kappa shape index (κ2) is 10.6. The molecule has 6 nitrogen and oxygen atoms in total. The standard InChI is InChI=1S/C19H28N2O4.ClH/c1-23-18-10-14(6-7-17(18)25-16-4-2-3-5-16)12-21-19(22)11-15-13-24-9-8-20-15;/h6-7,10,15-16,20H,2-5,8-9,11-13H2,1H3,(H,21,22);1H. The van der Waals surface area contributed by atoms with Gasteiger partial charge in [-0.3, -0.25) is 4.79 Å². The summed E-state index contributed by atoms with van der Waals surface area (Å²) in [6.45, 7) is 2.59. The Morgan fingerprint density at radius 3 is 2.81 bits per heavy atom. The number of methoxy groups -OCH3 is 1. The van der Waals surface area contributed by atoms with E-state index in [1.54, 1.807) is 7.11 Å². The van der Waals surface area contributed by atoms with Gasteiger partial charge < -0.3 is 24.8 Å². The van der Waals surface area contributed by atoms with Crippen LogP contribution in [0.2, 0.25) is 0 Å². The van der Waals surface area contributed by atoms with Gasteiger partial charge in [-0.25, -0.2) is 0 Å². The summed E-state index contributed by atoms with van der Waals surface area (Å²) in [4.78, 5) is 12.1. The molecule has 1 aromatic rings. The molecule has 1 aromatic carbocycles. The molecule has 2 aliphatic rings. The van der Waals surface area contributed by atoms with Gasteiger partial charge in [0.25, 0.3) is 0 Å². The molecule has 1 heterocycles. The Labute approximate surface area is 161 Å². The zero-order valence-corrected chi connectivity index (χ0v) is 16.1. The average Bonchev–Trinajstić information content (AvgIpc) is 3.15. The SMILES string of the molecule is COc1cc(CNC(=O)CC2COCCN2)ccc1OC1CCCC1.Cl. The number of halogens is 1. The maximum Gasteiger partial charge on any atom is 0.221 e. The van der Waals surface area contributed by atoms with Crippen molar-refractivity contribution in [2.75, 3.05) is 26.9 Å². The molecule has 2 fully saturated rings. The fraction of sp³-hybridized carbons (Fsp3) is 0.632. The van der Waals surface area contributed by atoms with Gasteiger partial charge in [-0.1, -0.05) is 6.07 Å². The first kappa shape index (κ1) is 20.8. The van der Waals surface area contributed by atoms with Gasteiger partial charge in [-0.2, -0.15) is 0 Å². The number of nitrogens with one attached hydrogen (secondary N) is 2. The number of benzene rings is 1. The van der Waals surface area contributed by atoms with Crippen molar-refractivity contribution in [3.8, 4) is 11.5 Å². The van der Waals surface area contributed by atoms with Crippen molar-refractivity contribution in [2.45, 2.75) is 50.8 Å². The van der Waals surface area contributed by atoms with Crippen LogP contribution in [0, 0.1) is 0 Å². The predicted octanol–water partition coefficient (Wildman–Crippen LogP) is 2.43. The molecule has 1 saturated heterocycles. The lowest BCUT2D eigenvalue weighted by Gasteiger charge is -2.23. The van der Waals surface area contributed by atoms with Crippen molar-refractivity contribution in [1.29, 1.82) is 0 Å². The largest absolute Gasteiger partial charge is 0.493 e. The molecule has 3 rings (SSSR count). The first-order valence-electron chi connectivity index (χ1n) is 9.16. The number of hydrogen-bond acceptors (Lipinski definition) is 5. The van der Waals surface area contributed by atoms with Crippen LogP contribution in [0.4, 0.5) is 0 Å². The van der Waals surface area contributed by atoms with Crippen LogP contribution in [0.25, 0.3) is 0 Å². The van der Waals surface area contributed by atoms with Crippen molar-refractivity contribution in [3.63, 3.8) is 0 Å². The highest BCUT2D eigenvalue weighted by Crippen LogP contribution is 2.32. The van der Waals surface area contributed by atoms with Gasteiger partial charge >= 0.3 is 0 Å². The molecule has 0 spiro atoms. The van der Waals surface area contributed by atoms with E-state index in [0.29, 0.717) is 32.3 Å². The van der Waals surface area contributed by atoms with E-state index in [9.17, 15) is 4.79 Å². The van der Waals surface area contributed by atoms with Crippen LogP contribution in [0.1, 0.15) is 37.7 Å². The highest BCUT2D eigenvalue weighted by Gasteiger charge is 2.19. The summed E-state index contributed by atoms with van der Waals surface area (Å²) in [7, 11) is 1.65. The van der Waals surface area contributed by atoms with E-state index < -0.39 is 0 Å². The fourth-order valence-electron chi connectivity index (χ4n) is 3.35. The molecule has 0 radical (unpaired) electrons. The Bertz CT molecular complexity index is 573. The molecule has 0 bridgehead atoms. The van der Waals surface area contributed by atoms with E-state index in [2.05, 4.69) is 10.6 Å². The predicted molar refractivity (Wildman–Crippen MR) is 102 cm³/mol. The van der Waals surface area contributed by atoms with Gasteiger partial charge in [0.05, 0.1) is 26.4 Å². The van der Waals surface area contributed by atoms with E-state index in [-0.39, 0.29) is 24.4 Å². The van der Waals surface area contributed by atoms with E-state index in [1.165, 1.54) is 12.8 Å².